The Balaban J connectivity index is 1.99. The first-order valence-corrected chi connectivity index (χ1v) is 19.3. The molecule has 1 fully saturated rings. The lowest BCUT2D eigenvalue weighted by Crippen LogP contribution is -2.41. The SMILES string of the molecule is CCC(CC)(c1ccc(C#CC2(O[Si](C)(C)C)CCCCCC2)c(C)c1)c1ccc(OS(=O)(=O)C(F)(F)F)c(C)c1. The van der Waals surface area contributed by atoms with Crippen molar-refractivity contribution in [1.82, 2.24) is 0 Å². The van der Waals surface area contributed by atoms with Gasteiger partial charge in [-0.1, -0.05) is 62.8 Å². The van der Waals surface area contributed by atoms with Crippen molar-refractivity contribution in [2.24, 2.45) is 0 Å². The van der Waals surface area contributed by atoms with E-state index in [0.717, 1.165) is 60.8 Å². The van der Waals surface area contributed by atoms with E-state index < -0.39 is 35.0 Å². The Labute approximate surface area is 245 Å². The summed E-state index contributed by atoms with van der Waals surface area (Å²) in [5, 5.41) is 0. The number of alkyl halides is 3. The van der Waals surface area contributed by atoms with Crippen molar-refractivity contribution in [3.8, 4) is 17.6 Å². The van der Waals surface area contributed by atoms with Crippen LogP contribution in [0.2, 0.25) is 19.6 Å². The molecule has 0 heterocycles. The highest BCUT2D eigenvalue weighted by molar-refractivity contribution is 7.88. The van der Waals surface area contributed by atoms with Crippen molar-refractivity contribution in [1.29, 1.82) is 0 Å². The van der Waals surface area contributed by atoms with Gasteiger partial charge >= 0.3 is 15.6 Å². The van der Waals surface area contributed by atoms with E-state index in [1.165, 1.54) is 18.9 Å². The maximum Gasteiger partial charge on any atom is 0.534 e. The Hall–Kier alpha value is -2.28. The molecular formula is C32H43F3O4SSi. The summed E-state index contributed by atoms with van der Waals surface area (Å²) in [5.41, 5.74) is -2.04. The van der Waals surface area contributed by atoms with Gasteiger partial charge in [-0.25, -0.2) is 0 Å². The van der Waals surface area contributed by atoms with Gasteiger partial charge in [0.1, 0.15) is 11.4 Å². The summed E-state index contributed by atoms with van der Waals surface area (Å²) in [6, 6.07) is 11.0. The van der Waals surface area contributed by atoms with Crippen LogP contribution < -0.4 is 4.18 Å². The lowest BCUT2D eigenvalue weighted by molar-refractivity contribution is -0.0500. The van der Waals surface area contributed by atoms with Gasteiger partial charge in [0.05, 0.1) is 0 Å². The molecule has 0 amide bonds. The maximum absolute atomic E-state index is 12.9. The summed E-state index contributed by atoms with van der Waals surface area (Å²) in [6.45, 7) is 14.4. The number of hydrogen-bond donors (Lipinski definition) is 0. The number of benzene rings is 2. The molecular weight excluding hydrogens is 565 g/mol. The third kappa shape index (κ3) is 7.77. The molecule has 226 valence electrons. The highest BCUT2D eigenvalue weighted by Crippen LogP contribution is 2.41. The number of aryl methyl sites for hydroxylation is 2. The van der Waals surface area contributed by atoms with Crippen LogP contribution in [0.25, 0.3) is 0 Å². The summed E-state index contributed by atoms with van der Waals surface area (Å²) in [6.07, 6.45) is 8.07. The molecule has 0 unspecified atom stereocenters. The van der Waals surface area contributed by atoms with E-state index >= 15 is 0 Å². The van der Waals surface area contributed by atoms with Gasteiger partial charge in [0, 0.05) is 11.0 Å². The highest BCUT2D eigenvalue weighted by atomic mass is 32.2. The maximum atomic E-state index is 12.9. The summed E-state index contributed by atoms with van der Waals surface area (Å²) >= 11 is 0. The molecule has 2 aromatic carbocycles. The zero-order chi connectivity index (χ0) is 30.7. The lowest BCUT2D eigenvalue weighted by Gasteiger charge is -2.35. The summed E-state index contributed by atoms with van der Waals surface area (Å²) < 4.78 is 72.8. The molecule has 3 rings (SSSR count). The van der Waals surface area contributed by atoms with Crippen LogP contribution >= 0.6 is 0 Å². The van der Waals surface area contributed by atoms with E-state index in [4.69, 9.17) is 4.43 Å². The fourth-order valence-corrected chi connectivity index (χ4v) is 7.81. The second kappa shape index (κ2) is 12.5. The van der Waals surface area contributed by atoms with Crippen LogP contribution in [0.15, 0.2) is 36.4 Å². The fraction of sp³-hybridized carbons (Fsp3) is 0.562. The first-order valence-electron chi connectivity index (χ1n) is 14.4. The van der Waals surface area contributed by atoms with Gasteiger partial charge in [0.25, 0.3) is 0 Å². The smallest absolute Gasteiger partial charge is 0.402 e. The van der Waals surface area contributed by atoms with Crippen molar-refractivity contribution in [2.75, 3.05) is 0 Å². The predicted molar refractivity (Wildman–Crippen MR) is 161 cm³/mol. The molecule has 0 radical (unpaired) electrons. The minimum Gasteiger partial charge on any atom is -0.402 e. The molecule has 4 nitrogen and oxygen atoms in total. The minimum atomic E-state index is -5.75. The Morgan fingerprint density at radius 2 is 1.41 bits per heavy atom. The molecule has 0 aliphatic heterocycles. The third-order valence-electron chi connectivity index (χ3n) is 8.03. The van der Waals surface area contributed by atoms with Gasteiger partial charge in [-0.3, -0.25) is 0 Å². The van der Waals surface area contributed by atoms with Crippen LogP contribution in [0.5, 0.6) is 5.75 Å². The molecule has 0 atom stereocenters. The topological polar surface area (TPSA) is 52.6 Å². The monoisotopic (exact) mass is 608 g/mol. The molecule has 2 aromatic rings. The summed E-state index contributed by atoms with van der Waals surface area (Å²) in [5.74, 6) is 6.70. The van der Waals surface area contributed by atoms with E-state index in [0.29, 0.717) is 5.56 Å². The van der Waals surface area contributed by atoms with Gasteiger partial charge in [-0.2, -0.15) is 21.6 Å². The van der Waals surface area contributed by atoms with Crippen LogP contribution in [0.1, 0.15) is 93.0 Å². The van der Waals surface area contributed by atoms with Crippen molar-refractivity contribution in [2.45, 2.75) is 115 Å². The largest absolute Gasteiger partial charge is 0.534 e. The second-order valence-corrected chi connectivity index (χ2v) is 18.1. The van der Waals surface area contributed by atoms with E-state index in [1.807, 2.05) is 6.92 Å². The second-order valence-electron chi connectivity index (χ2n) is 12.2. The van der Waals surface area contributed by atoms with Gasteiger partial charge < -0.3 is 8.61 Å². The molecule has 0 bridgehead atoms. The fourth-order valence-electron chi connectivity index (χ4n) is 5.86. The van der Waals surface area contributed by atoms with Crippen LogP contribution in [-0.2, 0) is 20.0 Å². The Morgan fingerprint density at radius 3 is 1.88 bits per heavy atom. The molecule has 0 saturated heterocycles. The zero-order valence-corrected chi connectivity index (χ0v) is 27.1. The van der Waals surface area contributed by atoms with Crippen molar-refractivity contribution < 1.29 is 30.2 Å². The van der Waals surface area contributed by atoms with Crippen molar-refractivity contribution >= 4 is 18.4 Å². The lowest BCUT2D eigenvalue weighted by atomic mass is 9.70. The van der Waals surface area contributed by atoms with E-state index in [2.05, 4.69) is 67.7 Å². The number of hydrogen-bond acceptors (Lipinski definition) is 4. The van der Waals surface area contributed by atoms with Crippen LogP contribution in [0.3, 0.4) is 0 Å². The van der Waals surface area contributed by atoms with Gasteiger partial charge in [-0.05, 0) is 106 Å². The van der Waals surface area contributed by atoms with Crippen molar-refractivity contribution in [3.05, 3.63) is 64.2 Å². The molecule has 0 spiro atoms. The van der Waals surface area contributed by atoms with Crippen LogP contribution in [-0.4, -0.2) is 27.8 Å². The molecule has 0 aromatic heterocycles. The number of halogens is 3. The standard InChI is InChI=1S/C32H43F3O4SSi/c1-8-31(9-2,28-16-17-29(25(4)23-28)38-40(36,37)32(33,34)35)27-15-14-26(24(3)22-27)18-21-30(39-41(5,6)7)19-12-10-11-13-20-30/h14-17,22-23H,8-13,19-20H2,1-7H3. The molecule has 41 heavy (non-hydrogen) atoms. The van der Waals surface area contributed by atoms with Gasteiger partial charge in [0.2, 0.25) is 0 Å². The average molecular weight is 609 g/mol. The first kappa shape index (κ1) is 33.2. The summed E-state index contributed by atoms with van der Waals surface area (Å²) in [4.78, 5) is 0. The molecule has 1 aliphatic carbocycles. The first-order chi connectivity index (χ1) is 19.0. The zero-order valence-electron chi connectivity index (χ0n) is 25.3. The number of rotatable bonds is 8. The normalized spacial score (nSPS) is 16.4. The Morgan fingerprint density at radius 1 is 0.878 bits per heavy atom. The molecule has 0 N–H and O–H groups in total. The molecule has 1 saturated carbocycles. The van der Waals surface area contributed by atoms with E-state index in [1.54, 1.807) is 19.1 Å². The third-order valence-corrected chi connectivity index (χ3v) is 10.0. The quantitative estimate of drug-likeness (QED) is 0.0987. The van der Waals surface area contributed by atoms with E-state index in [9.17, 15) is 21.6 Å². The Bertz CT molecular complexity index is 1390. The Kier molecular flexibility index (Phi) is 10.1. The average Bonchev–Trinajstić information content (AvgIpc) is 3.10. The van der Waals surface area contributed by atoms with Crippen LogP contribution in [0, 0.1) is 25.7 Å². The highest BCUT2D eigenvalue weighted by Gasteiger charge is 2.48. The summed E-state index contributed by atoms with van der Waals surface area (Å²) in [7, 11) is -7.55. The van der Waals surface area contributed by atoms with Gasteiger partial charge in [-0.15, -0.1) is 0 Å². The van der Waals surface area contributed by atoms with Gasteiger partial charge in [0.15, 0.2) is 8.32 Å². The van der Waals surface area contributed by atoms with Crippen molar-refractivity contribution in [3.63, 3.8) is 0 Å². The van der Waals surface area contributed by atoms with Crippen LogP contribution in [0.4, 0.5) is 13.2 Å². The molecule has 9 heteroatoms. The van der Waals surface area contributed by atoms with E-state index in [-0.39, 0.29) is 5.75 Å². The predicted octanol–water partition coefficient (Wildman–Crippen LogP) is 8.93. The molecule has 1 aliphatic rings. The minimum absolute atomic E-state index is 0.317.